The van der Waals surface area contributed by atoms with Gasteiger partial charge in [-0.1, -0.05) is 25.5 Å². The van der Waals surface area contributed by atoms with Crippen molar-refractivity contribution in [3.05, 3.63) is 12.2 Å². The van der Waals surface area contributed by atoms with Gasteiger partial charge in [0.05, 0.1) is 6.61 Å². The van der Waals surface area contributed by atoms with E-state index in [0.29, 0.717) is 0 Å². The number of thioether (sulfide) groups is 1. The highest BCUT2D eigenvalue weighted by atomic mass is 32.2. The zero-order valence-corrected chi connectivity index (χ0v) is 12.7. The van der Waals surface area contributed by atoms with Crippen LogP contribution in [0, 0.1) is 0 Å². The highest BCUT2D eigenvalue weighted by molar-refractivity contribution is 7.99. The van der Waals surface area contributed by atoms with Crippen LogP contribution in [0.1, 0.15) is 32.6 Å². The van der Waals surface area contributed by atoms with Crippen LogP contribution in [0.15, 0.2) is 12.2 Å². The molecule has 0 saturated carbocycles. The van der Waals surface area contributed by atoms with Gasteiger partial charge < -0.3 is 25.2 Å². The molecule has 5 nitrogen and oxygen atoms in total. The largest absolute Gasteiger partial charge is 0.394 e. The summed E-state index contributed by atoms with van der Waals surface area (Å²) in [5.41, 5.74) is -0.606. The number of rotatable bonds is 8. The Balaban J connectivity index is 2.28. The first-order chi connectivity index (χ1) is 9.61. The number of unbranched alkanes of at least 4 members (excludes halogenated alkanes) is 2. The number of ether oxygens (including phenoxy) is 1. The number of aliphatic hydroxyl groups excluding tert-OH is 4. The number of aliphatic hydroxyl groups is 4. The van der Waals surface area contributed by atoms with Gasteiger partial charge in [0.25, 0.3) is 0 Å². The molecule has 0 aromatic rings. The number of allylic oxidation sites excluding steroid dienone is 2. The van der Waals surface area contributed by atoms with Gasteiger partial charge in [0.15, 0.2) is 0 Å². The molecule has 118 valence electrons. The molecule has 0 bridgehead atoms. The molecule has 0 unspecified atom stereocenters. The summed E-state index contributed by atoms with van der Waals surface area (Å²) in [7, 11) is 0. The first-order valence-electron chi connectivity index (χ1n) is 7.19. The maximum Gasteiger partial charge on any atom is 0.132 e. The van der Waals surface area contributed by atoms with Crippen LogP contribution in [0.4, 0.5) is 0 Å². The third-order valence-electron chi connectivity index (χ3n) is 3.27. The zero-order valence-electron chi connectivity index (χ0n) is 11.9. The van der Waals surface area contributed by atoms with E-state index >= 15 is 0 Å². The number of hydrogen-bond donors (Lipinski definition) is 4. The Bertz CT molecular complexity index is 285. The molecule has 5 atom stereocenters. The molecule has 1 aliphatic rings. The standard InChI is InChI=1S/C14H26O5S/c1-2-3-4-5-6-7-8-20-14-13(18)12(17)11(16)10(9-15)19-14/h4-5,10-18H,2-3,6-9H2,1H3/b5-4-/t10-,11-,12+,13-,14+/m1/s1. The lowest BCUT2D eigenvalue weighted by atomic mass is 10.0. The normalized spacial score (nSPS) is 34.8. The van der Waals surface area contributed by atoms with Gasteiger partial charge in [-0.05, 0) is 25.0 Å². The second-order valence-corrected chi connectivity index (χ2v) is 6.18. The van der Waals surface area contributed by atoms with Gasteiger partial charge in [-0.3, -0.25) is 0 Å². The Morgan fingerprint density at radius 1 is 1.05 bits per heavy atom. The molecule has 0 aromatic carbocycles. The first kappa shape index (κ1) is 17.9. The van der Waals surface area contributed by atoms with Crippen LogP contribution in [0.3, 0.4) is 0 Å². The lowest BCUT2D eigenvalue weighted by Gasteiger charge is -2.39. The monoisotopic (exact) mass is 306 g/mol. The van der Waals surface area contributed by atoms with Crippen LogP contribution in [-0.4, -0.2) is 62.6 Å². The molecule has 6 heteroatoms. The summed E-state index contributed by atoms with van der Waals surface area (Å²) in [6.45, 7) is 1.76. The summed E-state index contributed by atoms with van der Waals surface area (Å²) < 4.78 is 5.41. The summed E-state index contributed by atoms with van der Waals surface area (Å²) in [6.07, 6.45) is 4.01. The van der Waals surface area contributed by atoms with E-state index in [-0.39, 0.29) is 6.61 Å². The van der Waals surface area contributed by atoms with E-state index in [1.165, 1.54) is 11.8 Å². The molecular weight excluding hydrogens is 280 g/mol. The van der Waals surface area contributed by atoms with Crippen molar-refractivity contribution in [1.82, 2.24) is 0 Å². The van der Waals surface area contributed by atoms with E-state index in [9.17, 15) is 15.3 Å². The average Bonchev–Trinajstić information content (AvgIpc) is 2.46. The molecule has 0 amide bonds. The van der Waals surface area contributed by atoms with Crippen molar-refractivity contribution >= 4 is 11.8 Å². The minimum atomic E-state index is -1.28. The Morgan fingerprint density at radius 2 is 1.75 bits per heavy atom. The number of hydrogen-bond acceptors (Lipinski definition) is 6. The Kier molecular flexibility index (Phi) is 8.75. The Hall–Kier alpha value is -0.110. The first-order valence-corrected chi connectivity index (χ1v) is 8.23. The Labute approximate surface area is 124 Å². The average molecular weight is 306 g/mol. The van der Waals surface area contributed by atoms with Crippen molar-refractivity contribution in [1.29, 1.82) is 0 Å². The van der Waals surface area contributed by atoms with Gasteiger partial charge in [0.1, 0.15) is 29.9 Å². The fraction of sp³-hybridized carbons (Fsp3) is 0.857. The van der Waals surface area contributed by atoms with Gasteiger partial charge >= 0.3 is 0 Å². The predicted molar refractivity (Wildman–Crippen MR) is 79.5 cm³/mol. The maximum atomic E-state index is 9.84. The minimum absolute atomic E-state index is 0.373. The molecule has 0 spiro atoms. The van der Waals surface area contributed by atoms with E-state index in [0.717, 1.165) is 31.4 Å². The van der Waals surface area contributed by atoms with E-state index in [4.69, 9.17) is 9.84 Å². The highest BCUT2D eigenvalue weighted by Crippen LogP contribution is 2.28. The molecule has 4 N–H and O–H groups in total. The van der Waals surface area contributed by atoms with Gasteiger partial charge in [-0.2, -0.15) is 0 Å². The van der Waals surface area contributed by atoms with E-state index < -0.39 is 29.9 Å². The van der Waals surface area contributed by atoms with Crippen LogP contribution in [0.2, 0.25) is 0 Å². The lowest BCUT2D eigenvalue weighted by Crippen LogP contribution is -2.57. The molecule has 1 aliphatic heterocycles. The van der Waals surface area contributed by atoms with Crippen LogP contribution in [-0.2, 0) is 4.74 Å². The lowest BCUT2D eigenvalue weighted by molar-refractivity contribution is -0.205. The van der Waals surface area contributed by atoms with E-state index in [2.05, 4.69) is 19.1 Å². The van der Waals surface area contributed by atoms with Crippen molar-refractivity contribution < 1.29 is 25.2 Å². The summed E-state index contributed by atoms with van der Waals surface area (Å²) in [5.74, 6) is 0.791. The second-order valence-electron chi connectivity index (χ2n) is 4.97. The highest BCUT2D eigenvalue weighted by Gasteiger charge is 2.43. The van der Waals surface area contributed by atoms with Crippen molar-refractivity contribution in [3.63, 3.8) is 0 Å². The van der Waals surface area contributed by atoms with Gasteiger partial charge in [-0.15, -0.1) is 11.8 Å². The van der Waals surface area contributed by atoms with Crippen molar-refractivity contribution in [2.45, 2.75) is 62.5 Å². The quantitative estimate of drug-likeness (QED) is 0.389. The van der Waals surface area contributed by atoms with Crippen molar-refractivity contribution in [2.24, 2.45) is 0 Å². The van der Waals surface area contributed by atoms with Crippen LogP contribution >= 0.6 is 11.8 Å². The van der Waals surface area contributed by atoms with Gasteiger partial charge in [0.2, 0.25) is 0 Å². The SMILES string of the molecule is CCC/C=C\CCCS[C@@H]1O[C@H](CO)[C@@H](O)[C@H](O)[C@H]1O. The molecule has 1 saturated heterocycles. The molecule has 1 heterocycles. The molecule has 1 rings (SSSR count). The fourth-order valence-electron chi connectivity index (χ4n) is 2.01. The summed E-state index contributed by atoms with van der Waals surface area (Å²) in [6, 6.07) is 0. The van der Waals surface area contributed by atoms with Crippen LogP contribution in [0.25, 0.3) is 0 Å². The molecule has 20 heavy (non-hydrogen) atoms. The smallest absolute Gasteiger partial charge is 0.132 e. The van der Waals surface area contributed by atoms with Gasteiger partial charge in [0, 0.05) is 0 Å². The molecule has 1 fully saturated rings. The van der Waals surface area contributed by atoms with Crippen molar-refractivity contribution in [2.75, 3.05) is 12.4 Å². The minimum Gasteiger partial charge on any atom is -0.394 e. The summed E-state index contributed by atoms with van der Waals surface area (Å²) >= 11 is 1.41. The summed E-state index contributed by atoms with van der Waals surface area (Å²) in [4.78, 5) is 0. The zero-order chi connectivity index (χ0) is 15.0. The predicted octanol–water partition coefficient (Wildman–Crippen LogP) is 0.656. The van der Waals surface area contributed by atoms with Crippen molar-refractivity contribution in [3.8, 4) is 0 Å². The molecule has 0 aliphatic carbocycles. The summed E-state index contributed by atoms with van der Waals surface area (Å²) in [5, 5.41) is 38.2. The van der Waals surface area contributed by atoms with E-state index in [1.807, 2.05) is 0 Å². The molecule has 0 radical (unpaired) electrons. The maximum absolute atomic E-state index is 9.84. The van der Waals surface area contributed by atoms with Crippen LogP contribution < -0.4 is 0 Å². The van der Waals surface area contributed by atoms with E-state index in [1.54, 1.807) is 0 Å². The fourth-order valence-corrected chi connectivity index (χ4v) is 3.15. The molecular formula is C14H26O5S. The van der Waals surface area contributed by atoms with Gasteiger partial charge in [-0.25, -0.2) is 0 Å². The topological polar surface area (TPSA) is 90.2 Å². The third kappa shape index (κ3) is 5.35. The Morgan fingerprint density at radius 3 is 2.40 bits per heavy atom. The second kappa shape index (κ2) is 9.76. The third-order valence-corrected chi connectivity index (χ3v) is 4.51. The van der Waals surface area contributed by atoms with Crippen LogP contribution in [0.5, 0.6) is 0 Å². The molecule has 0 aromatic heterocycles.